The molecule has 1 aliphatic heterocycles. The maximum atomic E-state index is 14.2. The molecule has 6 nitrogen and oxygen atoms in total. The number of anilines is 1. The van der Waals surface area contributed by atoms with Crippen LogP contribution in [0.15, 0.2) is 51.7 Å². The lowest BCUT2D eigenvalue weighted by Gasteiger charge is -2.42. The van der Waals surface area contributed by atoms with Gasteiger partial charge in [0.2, 0.25) is 5.56 Å². The van der Waals surface area contributed by atoms with Crippen molar-refractivity contribution in [3.8, 4) is 5.75 Å². The summed E-state index contributed by atoms with van der Waals surface area (Å²) in [4.78, 5) is 15.6. The fourth-order valence-electron chi connectivity index (χ4n) is 3.61. The molecule has 2 heterocycles. The summed E-state index contributed by atoms with van der Waals surface area (Å²) in [6.07, 6.45) is -1.06. The van der Waals surface area contributed by atoms with Crippen LogP contribution in [0.4, 0.5) is 14.5 Å². The molecule has 1 aliphatic rings. The summed E-state index contributed by atoms with van der Waals surface area (Å²) >= 11 is 3.21. The molecule has 2 atom stereocenters. The van der Waals surface area contributed by atoms with Gasteiger partial charge in [0, 0.05) is 29.0 Å². The molecule has 1 fully saturated rings. The van der Waals surface area contributed by atoms with E-state index in [0.29, 0.717) is 22.1 Å². The lowest BCUT2D eigenvalue weighted by molar-refractivity contribution is -0.108. The number of aliphatic hydroxyl groups excluding tert-OH is 1. The average Bonchev–Trinajstić information content (AvgIpc) is 2.70. The van der Waals surface area contributed by atoms with Gasteiger partial charge in [0.1, 0.15) is 35.7 Å². The molecule has 2 unspecified atom stereocenters. The van der Waals surface area contributed by atoms with Gasteiger partial charge in [0.25, 0.3) is 0 Å². The van der Waals surface area contributed by atoms with Gasteiger partial charge >= 0.3 is 0 Å². The highest BCUT2D eigenvalue weighted by Gasteiger charge is 2.42. The van der Waals surface area contributed by atoms with Crippen molar-refractivity contribution in [1.82, 2.24) is 4.98 Å². The Morgan fingerprint density at radius 3 is 2.73 bits per heavy atom. The van der Waals surface area contributed by atoms with E-state index in [0.717, 1.165) is 6.07 Å². The van der Waals surface area contributed by atoms with E-state index < -0.39 is 28.9 Å². The molecule has 3 aromatic rings. The van der Waals surface area contributed by atoms with Crippen LogP contribution in [0.25, 0.3) is 10.9 Å². The molecule has 4 rings (SSSR count). The largest absolute Gasteiger partial charge is 0.490 e. The summed E-state index contributed by atoms with van der Waals surface area (Å²) in [6.45, 7) is 0.0908. The van der Waals surface area contributed by atoms with Crippen LogP contribution in [0.5, 0.6) is 5.75 Å². The molecule has 1 saturated heterocycles. The highest BCUT2D eigenvalue weighted by Crippen LogP contribution is 2.32. The molecular formula is C21H19BrF2N2O4. The summed E-state index contributed by atoms with van der Waals surface area (Å²) < 4.78 is 34.5. The van der Waals surface area contributed by atoms with E-state index >= 15 is 0 Å². The number of fused-ring (bicyclic) bond motifs is 1. The van der Waals surface area contributed by atoms with Crippen LogP contribution in [0.3, 0.4) is 0 Å². The monoisotopic (exact) mass is 480 g/mol. The average molecular weight is 481 g/mol. The molecule has 158 valence electrons. The number of nitrogens with one attached hydrogen (secondary N) is 1. The molecule has 1 aromatic heterocycles. The van der Waals surface area contributed by atoms with E-state index in [1.165, 1.54) is 24.3 Å². The number of nitrogens with zero attached hydrogens (tertiary/aromatic N) is 1. The third-order valence-electron chi connectivity index (χ3n) is 5.36. The van der Waals surface area contributed by atoms with Crippen molar-refractivity contribution in [2.75, 3.05) is 24.6 Å². The van der Waals surface area contributed by atoms with E-state index in [4.69, 9.17) is 4.74 Å². The Balaban J connectivity index is 1.50. The van der Waals surface area contributed by atoms with E-state index in [1.807, 2.05) is 0 Å². The maximum Gasteiger partial charge on any atom is 0.248 e. The van der Waals surface area contributed by atoms with E-state index in [2.05, 4.69) is 20.9 Å². The van der Waals surface area contributed by atoms with Crippen molar-refractivity contribution in [3.05, 3.63) is 68.9 Å². The number of aliphatic hydroxyl groups is 2. The maximum absolute atomic E-state index is 14.2. The Labute approximate surface area is 178 Å². The third-order valence-corrected chi connectivity index (χ3v) is 5.85. The third kappa shape index (κ3) is 3.92. The minimum atomic E-state index is -1.56. The van der Waals surface area contributed by atoms with Gasteiger partial charge in [0.15, 0.2) is 0 Å². The zero-order chi connectivity index (χ0) is 21.5. The van der Waals surface area contributed by atoms with E-state index in [1.54, 1.807) is 17.0 Å². The lowest BCUT2D eigenvalue weighted by atomic mass is 9.89. The highest BCUT2D eigenvalue weighted by atomic mass is 79.9. The lowest BCUT2D eigenvalue weighted by Crippen LogP contribution is -2.58. The van der Waals surface area contributed by atoms with Gasteiger partial charge in [-0.25, -0.2) is 8.78 Å². The number of piperidine rings is 1. The number of rotatable bonds is 4. The summed E-state index contributed by atoms with van der Waals surface area (Å²) in [5, 5.41) is 21.8. The van der Waals surface area contributed by atoms with Gasteiger partial charge in [-0.2, -0.15) is 0 Å². The first-order valence-electron chi connectivity index (χ1n) is 9.32. The predicted octanol–water partition coefficient (Wildman–Crippen LogP) is 2.95. The van der Waals surface area contributed by atoms with Crippen LogP contribution in [-0.4, -0.2) is 46.6 Å². The second kappa shape index (κ2) is 7.98. The number of β-amino-alcohol motifs (C(OH)–C–C–N with tert-alkyl or cyclic N) is 1. The Morgan fingerprint density at radius 1 is 1.20 bits per heavy atom. The van der Waals surface area contributed by atoms with Gasteiger partial charge in [-0.1, -0.05) is 15.9 Å². The number of aromatic amines is 1. The first-order chi connectivity index (χ1) is 14.3. The number of hydrogen-bond acceptors (Lipinski definition) is 5. The zero-order valence-corrected chi connectivity index (χ0v) is 17.3. The van der Waals surface area contributed by atoms with Crippen molar-refractivity contribution < 1.29 is 23.7 Å². The topological polar surface area (TPSA) is 85.8 Å². The Kier molecular flexibility index (Phi) is 5.52. The molecule has 0 aliphatic carbocycles. The highest BCUT2D eigenvalue weighted by molar-refractivity contribution is 9.10. The van der Waals surface area contributed by atoms with Crippen molar-refractivity contribution in [1.29, 1.82) is 0 Å². The molecule has 0 radical (unpaired) electrons. The van der Waals surface area contributed by atoms with Crippen LogP contribution >= 0.6 is 15.9 Å². The Morgan fingerprint density at radius 2 is 2.00 bits per heavy atom. The fraction of sp³-hybridized carbons (Fsp3) is 0.286. The molecule has 3 N–H and O–H groups in total. The SMILES string of the molecule is O=c1ccc2c(OCC3(O)CCN(c4ccc(Br)cc4F)CC3O)ccc(F)c2[nH]1. The fourth-order valence-corrected chi connectivity index (χ4v) is 3.94. The molecule has 30 heavy (non-hydrogen) atoms. The molecule has 0 amide bonds. The molecule has 2 aromatic carbocycles. The van der Waals surface area contributed by atoms with Gasteiger partial charge in [0.05, 0.1) is 11.2 Å². The second-order valence-corrected chi connectivity index (χ2v) is 8.27. The summed E-state index contributed by atoms with van der Waals surface area (Å²) in [5.41, 5.74) is -1.66. The number of aromatic nitrogens is 1. The van der Waals surface area contributed by atoms with Crippen molar-refractivity contribution in [2.45, 2.75) is 18.1 Å². The van der Waals surface area contributed by atoms with E-state index in [-0.39, 0.29) is 30.8 Å². The molecule has 0 spiro atoms. The number of ether oxygens (including phenoxy) is 1. The first-order valence-corrected chi connectivity index (χ1v) is 10.1. The van der Waals surface area contributed by atoms with E-state index in [9.17, 15) is 23.8 Å². The van der Waals surface area contributed by atoms with Gasteiger partial charge in [-0.05, 0) is 42.8 Å². The van der Waals surface area contributed by atoms with Crippen LogP contribution in [0.1, 0.15) is 6.42 Å². The summed E-state index contributed by atoms with van der Waals surface area (Å²) in [5.74, 6) is -0.756. The van der Waals surface area contributed by atoms with Gasteiger partial charge < -0.3 is 24.8 Å². The van der Waals surface area contributed by atoms with Crippen LogP contribution in [-0.2, 0) is 0 Å². The second-order valence-electron chi connectivity index (χ2n) is 7.36. The minimum absolute atomic E-state index is 0.00747. The quantitative estimate of drug-likeness (QED) is 0.534. The molecule has 0 bridgehead atoms. The Bertz CT molecular complexity index is 1160. The minimum Gasteiger partial charge on any atom is -0.490 e. The van der Waals surface area contributed by atoms with Crippen molar-refractivity contribution >= 4 is 32.5 Å². The van der Waals surface area contributed by atoms with Crippen LogP contribution in [0, 0.1) is 11.6 Å². The van der Waals surface area contributed by atoms with Gasteiger partial charge in [-0.3, -0.25) is 4.79 Å². The van der Waals surface area contributed by atoms with Crippen LogP contribution in [0.2, 0.25) is 0 Å². The molecule has 0 saturated carbocycles. The number of halogens is 3. The number of hydrogen-bond donors (Lipinski definition) is 3. The standard InChI is InChI=1S/C21H19BrF2N2O4/c22-12-1-4-16(15(24)9-12)26-8-7-21(29,18(27)10-26)11-30-17-5-3-14(23)20-13(17)2-6-19(28)25-20/h1-6,9,18,27,29H,7-8,10-11H2,(H,25,28). The summed E-state index contributed by atoms with van der Waals surface area (Å²) in [6, 6.07) is 9.91. The Hall–Kier alpha value is -2.49. The first kappa shape index (κ1) is 20.8. The zero-order valence-electron chi connectivity index (χ0n) is 15.7. The number of pyridine rings is 1. The smallest absolute Gasteiger partial charge is 0.248 e. The normalized spacial score (nSPS) is 21.8. The molecule has 9 heteroatoms. The van der Waals surface area contributed by atoms with Crippen LogP contribution < -0.4 is 15.2 Å². The van der Waals surface area contributed by atoms with Crippen molar-refractivity contribution in [3.63, 3.8) is 0 Å². The predicted molar refractivity (Wildman–Crippen MR) is 112 cm³/mol. The van der Waals surface area contributed by atoms with Crippen molar-refractivity contribution in [2.24, 2.45) is 0 Å². The molecular weight excluding hydrogens is 462 g/mol. The van der Waals surface area contributed by atoms with Gasteiger partial charge in [-0.15, -0.1) is 0 Å². The summed E-state index contributed by atoms with van der Waals surface area (Å²) in [7, 11) is 0. The number of benzene rings is 2. The number of H-pyrrole nitrogens is 1.